The highest BCUT2D eigenvalue weighted by Crippen LogP contribution is 2.34. The van der Waals surface area contributed by atoms with Crippen LogP contribution in [0.5, 0.6) is 0 Å². The maximum Gasteiger partial charge on any atom is 0.433 e. The Bertz CT molecular complexity index is 741. The number of hydrogen-bond acceptors (Lipinski definition) is 3. The minimum Gasteiger partial charge on any atom is -0.322 e. The molecule has 0 atom stereocenters. The Labute approximate surface area is 125 Å². The van der Waals surface area contributed by atoms with Gasteiger partial charge in [-0.05, 0) is 13.0 Å². The smallest absolute Gasteiger partial charge is 0.322 e. The van der Waals surface area contributed by atoms with E-state index in [-0.39, 0.29) is 11.3 Å². The summed E-state index contributed by atoms with van der Waals surface area (Å²) in [5, 5.41) is 6.89. The van der Waals surface area contributed by atoms with E-state index >= 15 is 0 Å². The summed E-state index contributed by atoms with van der Waals surface area (Å²) in [6.45, 7) is 8.39. The predicted octanol–water partition coefficient (Wildman–Crippen LogP) is 3.31. The Morgan fingerprint density at radius 2 is 1.86 bits per heavy atom. The third-order valence-electron chi connectivity index (χ3n) is 3.07. The number of anilines is 1. The Hall–Kier alpha value is -2.12. The van der Waals surface area contributed by atoms with Crippen LogP contribution >= 0.6 is 0 Å². The third-order valence-corrected chi connectivity index (χ3v) is 3.07. The van der Waals surface area contributed by atoms with E-state index in [1.807, 2.05) is 20.8 Å². The number of rotatable bonds is 1. The number of carbonyl (C=O) groups excluding carboxylic acids is 1. The average Bonchev–Trinajstić information content (AvgIpc) is 2.66. The molecule has 0 radical (unpaired) electrons. The van der Waals surface area contributed by atoms with E-state index in [2.05, 4.69) is 15.4 Å². The highest BCUT2D eigenvalue weighted by Gasteiger charge is 2.35. The van der Waals surface area contributed by atoms with Crippen LogP contribution in [0.4, 0.5) is 18.9 Å². The lowest BCUT2D eigenvalue weighted by Gasteiger charge is -2.17. The number of nitrogens with zero attached hydrogens (tertiary/aromatic N) is 3. The molecule has 8 heteroatoms. The first-order valence-electron chi connectivity index (χ1n) is 6.67. The summed E-state index contributed by atoms with van der Waals surface area (Å²) in [5.41, 5.74) is -0.487. The molecule has 0 saturated heterocycles. The number of nitrogens with one attached hydrogen (secondary N) is 1. The van der Waals surface area contributed by atoms with Crippen LogP contribution in [-0.4, -0.2) is 20.5 Å². The fourth-order valence-corrected chi connectivity index (χ4v) is 2.13. The number of hydrogen-bond donors (Lipinski definition) is 1. The van der Waals surface area contributed by atoms with E-state index in [1.54, 1.807) is 0 Å². The van der Waals surface area contributed by atoms with Gasteiger partial charge in [0.2, 0.25) is 5.91 Å². The molecule has 0 aliphatic carbocycles. The maximum absolute atomic E-state index is 13.0. The third kappa shape index (κ3) is 2.90. The van der Waals surface area contributed by atoms with Crippen molar-refractivity contribution in [2.75, 3.05) is 5.32 Å². The zero-order valence-corrected chi connectivity index (χ0v) is 13.0. The first kappa shape index (κ1) is 16.3. The Kier molecular flexibility index (Phi) is 3.67. The molecule has 22 heavy (non-hydrogen) atoms. The van der Waals surface area contributed by atoms with E-state index < -0.39 is 23.2 Å². The number of aryl methyl sites for hydroxylation is 1. The van der Waals surface area contributed by atoms with Gasteiger partial charge in [-0.3, -0.25) is 4.79 Å². The van der Waals surface area contributed by atoms with Crippen molar-refractivity contribution in [1.82, 2.24) is 14.6 Å². The first-order valence-corrected chi connectivity index (χ1v) is 6.67. The second kappa shape index (κ2) is 4.96. The van der Waals surface area contributed by atoms with Gasteiger partial charge in [-0.15, -0.1) is 0 Å². The monoisotopic (exact) mass is 314 g/mol. The van der Waals surface area contributed by atoms with Gasteiger partial charge >= 0.3 is 6.18 Å². The predicted molar refractivity (Wildman–Crippen MR) is 75.7 cm³/mol. The van der Waals surface area contributed by atoms with Gasteiger partial charge in [0.15, 0.2) is 5.65 Å². The lowest BCUT2D eigenvalue weighted by atomic mass is 9.91. The van der Waals surface area contributed by atoms with E-state index in [0.717, 1.165) is 6.07 Å². The topological polar surface area (TPSA) is 59.3 Å². The van der Waals surface area contributed by atoms with Crippen LogP contribution in [0.15, 0.2) is 6.07 Å². The number of fused-ring (bicyclic) bond motifs is 1. The Morgan fingerprint density at radius 1 is 1.27 bits per heavy atom. The van der Waals surface area contributed by atoms with Crippen molar-refractivity contribution in [2.45, 2.75) is 46.2 Å². The quantitative estimate of drug-likeness (QED) is 0.878. The fourth-order valence-electron chi connectivity index (χ4n) is 2.13. The fraction of sp³-hybridized carbons (Fsp3) is 0.500. The summed E-state index contributed by atoms with van der Waals surface area (Å²) < 4.78 is 40.2. The normalized spacial score (nSPS) is 12.7. The zero-order chi connectivity index (χ0) is 16.9. The summed E-state index contributed by atoms with van der Waals surface area (Å²) in [6, 6.07) is 0.935. The van der Waals surface area contributed by atoms with Crippen molar-refractivity contribution in [3.05, 3.63) is 23.1 Å². The van der Waals surface area contributed by atoms with Crippen molar-refractivity contribution in [3.8, 4) is 0 Å². The Morgan fingerprint density at radius 3 is 2.32 bits per heavy atom. The standard InChI is InChI=1S/C14H17F3N4O/c1-7-6-9(14(15,16)17)19-12-10(18-8(2)22)11(13(3,4)5)20-21(7)12/h6H,1-5H3,(H,18,22). The molecule has 0 unspecified atom stereocenters. The van der Waals surface area contributed by atoms with Crippen molar-refractivity contribution in [1.29, 1.82) is 0 Å². The number of carbonyl (C=O) groups is 1. The van der Waals surface area contributed by atoms with Crippen molar-refractivity contribution >= 4 is 17.2 Å². The summed E-state index contributed by atoms with van der Waals surface area (Å²) in [5.74, 6) is -0.391. The van der Waals surface area contributed by atoms with Crippen molar-refractivity contribution in [3.63, 3.8) is 0 Å². The van der Waals surface area contributed by atoms with Gasteiger partial charge < -0.3 is 5.32 Å². The molecule has 2 aromatic heterocycles. The summed E-state index contributed by atoms with van der Waals surface area (Å²) in [6.07, 6.45) is -4.56. The molecular formula is C14H17F3N4O. The van der Waals surface area contributed by atoms with Gasteiger partial charge in [-0.25, -0.2) is 9.50 Å². The first-order chi connectivity index (χ1) is 9.91. The van der Waals surface area contributed by atoms with Crippen LogP contribution in [0, 0.1) is 6.92 Å². The SMILES string of the molecule is CC(=O)Nc1c(C(C)(C)C)nn2c(C)cc(C(F)(F)F)nc12. The van der Waals surface area contributed by atoms with Crippen LogP contribution < -0.4 is 5.32 Å². The largest absolute Gasteiger partial charge is 0.433 e. The van der Waals surface area contributed by atoms with Crippen LogP contribution in [0.3, 0.4) is 0 Å². The maximum atomic E-state index is 13.0. The molecule has 0 saturated carbocycles. The van der Waals surface area contributed by atoms with Crippen molar-refractivity contribution in [2.24, 2.45) is 0 Å². The highest BCUT2D eigenvalue weighted by molar-refractivity contribution is 5.94. The number of alkyl halides is 3. The Balaban J connectivity index is 2.84. The molecule has 2 heterocycles. The summed E-state index contributed by atoms with van der Waals surface area (Å²) >= 11 is 0. The zero-order valence-electron chi connectivity index (χ0n) is 13.0. The molecule has 5 nitrogen and oxygen atoms in total. The van der Waals surface area contributed by atoms with Gasteiger partial charge in [0, 0.05) is 18.0 Å². The molecule has 0 aromatic carbocycles. The minimum absolute atomic E-state index is 0.00699. The van der Waals surface area contributed by atoms with E-state index in [1.165, 1.54) is 18.4 Å². The molecular weight excluding hydrogens is 297 g/mol. The van der Waals surface area contributed by atoms with Crippen LogP contribution in [0.25, 0.3) is 5.65 Å². The van der Waals surface area contributed by atoms with Gasteiger partial charge in [0.25, 0.3) is 0 Å². The lowest BCUT2D eigenvalue weighted by Crippen LogP contribution is -2.16. The van der Waals surface area contributed by atoms with Crippen LogP contribution in [0.2, 0.25) is 0 Å². The number of amides is 1. The number of halogens is 3. The molecule has 2 aromatic rings. The van der Waals surface area contributed by atoms with Crippen LogP contribution in [0.1, 0.15) is 44.8 Å². The van der Waals surface area contributed by atoms with Gasteiger partial charge in [-0.2, -0.15) is 18.3 Å². The molecule has 0 spiro atoms. The summed E-state index contributed by atoms with van der Waals surface area (Å²) in [7, 11) is 0. The highest BCUT2D eigenvalue weighted by atomic mass is 19.4. The molecule has 0 bridgehead atoms. The van der Waals surface area contributed by atoms with Gasteiger partial charge in [-0.1, -0.05) is 20.8 Å². The summed E-state index contributed by atoms with van der Waals surface area (Å²) in [4.78, 5) is 15.1. The van der Waals surface area contributed by atoms with E-state index in [4.69, 9.17) is 0 Å². The molecule has 1 N–H and O–H groups in total. The number of aromatic nitrogens is 3. The molecule has 1 amide bonds. The molecule has 2 rings (SSSR count). The van der Waals surface area contributed by atoms with Crippen LogP contribution in [-0.2, 0) is 16.4 Å². The minimum atomic E-state index is -4.56. The molecule has 0 fully saturated rings. The molecule has 0 aliphatic heterocycles. The second-order valence-electron chi connectivity index (χ2n) is 6.17. The van der Waals surface area contributed by atoms with Crippen molar-refractivity contribution < 1.29 is 18.0 Å². The lowest BCUT2D eigenvalue weighted by molar-refractivity contribution is -0.141. The molecule has 0 aliphatic rings. The second-order valence-corrected chi connectivity index (χ2v) is 6.17. The average molecular weight is 314 g/mol. The van der Waals surface area contributed by atoms with Gasteiger partial charge in [0.1, 0.15) is 11.4 Å². The van der Waals surface area contributed by atoms with E-state index in [9.17, 15) is 18.0 Å². The van der Waals surface area contributed by atoms with E-state index in [0.29, 0.717) is 11.4 Å². The van der Waals surface area contributed by atoms with Gasteiger partial charge in [0.05, 0.1) is 5.69 Å². The molecule has 120 valence electrons.